The maximum absolute atomic E-state index is 12.5. The predicted octanol–water partition coefficient (Wildman–Crippen LogP) is 2.40. The van der Waals surface area contributed by atoms with Crippen LogP contribution in [0.2, 0.25) is 5.02 Å². The molecule has 22 heavy (non-hydrogen) atoms. The summed E-state index contributed by atoms with van der Waals surface area (Å²) < 4.78 is 0. The molecule has 0 unspecified atom stereocenters. The minimum Gasteiger partial charge on any atom is -0.351 e. The van der Waals surface area contributed by atoms with Gasteiger partial charge in [-0.1, -0.05) is 30.2 Å². The molecule has 2 amide bonds. The number of carbonyl (C=O) groups excluding carboxylic acids is 2. The van der Waals surface area contributed by atoms with Gasteiger partial charge in [-0.2, -0.15) is 0 Å². The average Bonchev–Trinajstić information content (AvgIpc) is 2.73. The fourth-order valence-electron chi connectivity index (χ4n) is 3.36. The zero-order chi connectivity index (χ0) is 15.5. The van der Waals surface area contributed by atoms with Crippen LogP contribution < -0.4 is 5.32 Å². The molecule has 1 N–H and O–H groups in total. The Kier molecular flexibility index (Phi) is 4.67. The first-order chi connectivity index (χ1) is 10.6. The molecule has 0 aromatic heterocycles. The van der Waals surface area contributed by atoms with Gasteiger partial charge in [-0.3, -0.25) is 9.59 Å². The van der Waals surface area contributed by atoms with Crippen LogP contribution in [-0.2, 0) is 16.0 Å². The van der Waals surface area contributed by atoms with E-state index in [9.17, 15) is 9.59 Å². The number of benzene rings is 1. The number of aryl methyl sites for hydroxylation is 1. The third-order valence-electron chi connectivity index (χ3n) is 4.57. The molecule has 0 saturated carbocycles. The second kappa shape index (κ2) is 6.69. The highest BCUT2D eigenvalue weighted by Gasteiger charge is 2.34. The minimum absolute atomic E-state index is 0.0392. The van der Waals surface area contributed by atoms with E-state index in [2.05, 4.69) is 5.32 Å². The molecule has 2 aliphatic heterocycles. The average molecular weight is 321 g/mol. The molecule has 1 aromatic rings. The standard InChI is InChI=1S/C17H21ClN2O2/c18-14-5-1-3-12(9-14)7-8-16(21)20-10-13-4-2-6-15(11-20)19-17(13)22/h1,3,5,9,13,15H,2,4,6-8,10-11H2,(H,19,22)/t13-,15+/m1/s1. The normalized spacial score (nSPS) is 24.6. The lowest BCUT2D eigenvalue weighted by molar-refractivity contribution is -0.132. The summed E-state index contributed by atoms with van der Waals surface area (Å²) in [6.07, 6.45) is 4.08. The second-order valence-electron chi connectivity index (χ2n) is 6.26. The summed E-state index contributed by atoms with van der Waals surface area (Å²) in [5.41, 5.74) is 1.07. The number of amides is 2. The molecule has 5 heteroatoms. The van der Waals surface area contributed by atoms with E-state index in [4.69, 9.17) is 11.6 Å². The summed E-state index contributed by atoms with van der Waals surface area (Å²) in [6, 6.07) is 7.75. The van der Waals surface area contributed by atoms with E-state index in [-0.39, 0.29) is 23.8 Å². The van der Waals surface area contributed by atoms with Crippen molar-refractivity contribution >= 4 is 23.4 Å². The lowest BCUT2D eigenvalue weighted by Crippen LogP contribution is -2.41. The van der Waals surface area contributed by atoms with Crippen molar-refractivity contribution < 1.29 is 9.59 Å². The third-order valence-corrected chi connectivity index (χ3v) is 4.81. The van der Waals surface area contributed by atoms with Gasteiger partial charge in [-0.05, 0) is 37.0 Å². The maximum Gasteiger partial charge on any atom is 0.225 e. The highest BCUT2D eigenvalue weighted by Crippen LogP contribution is 2.22. The van der Waals surface area contributed by atoms with Crippen LogP contribution in [0.25, 0.3) is 0 Å². The Labute approximate surface area is 135 Å². The van der Waals surface area contributed by atoms with Crippen LogP contribution in [0.4, 0.5) is 0 Å². The fraction of sp³-hybridized carbons (Fsp3) is 0.529. The summed E-state index contributed by atoms with van der Waals surface area (Å²) in [6.45, 7) is 1.22. The molecule has 0 radical (unpaired) electrons. The molecule has 2 bridgehead atoms. The monoisotopic (exact) mass is 320 g/mol. The topological polar surface area (TPSA) is 49.4 Å². The summed E-state index contributed by atoms with van der Waals surface area (Å²) >= 11 is 5.97. The van der Waals surface area contributed by atoms with Crippen molar-refractivity contribution in [3.63, 3.8) is 0 Å². The zero-order valence-corrected chi connectivity index (χ0v) is 13.3. The smallest absolute Gasteiger partial charge is 0.225 e. The Morgan fingerprint density at radius 2 is 2.18 bits per heavy atom. The quantitative estimate of drug-likeness (QED) is 0.929. The second-order valence-corrected chi connectivity index (χ2v) is 6.70. The van der Waals surface area contributed by atoms with E-state index in [1.165, 1.54) is 0 Å². The van der Waals surface area contributed by atoms with Crippen LogP contribution in [0, 0.1) is 5.92 Å². The Bertz CT molecular complexity index is 576. The van der Waals surface area contributed by atoms with Crippen molar-refractivity contribution in [3.8, 4) is 0 Å². The third kappa shape index (κ3) is 3.61. The summed E-state index contributed by atoms with van der Waals surface area (Å²) in [4.78, 5) is 26.4. The molecule has 4 nitrogen and oxygen atoms in total. The lowest BCUT2D eigenvalue weighted by Gasteiger charge is -2.27. The van der Waals surface area contributed by atoms with Crippen LogP contribution in [0.5, 0.6) is 0 Å². The van der Waals surface area contributed by atoms with Crippen LogP contribution in [-0.4, -0.2) is 35.8 Å². The number of likely N-dealkylation sites (tertiary alicyclic amines) is 1. The Balaban J connectivity index is 1.61. The highest BCUT2D eigenvalue weighted by molar-refractivity contribution is 6.30. The van der Waals surface area contributed by atoms with Gasteiger partial charge in [0.15, 0.2) is 0 Å². The number of halogens is 1. The Hall–Kier alpha value is -1.55. The number of hydrogen-bond donors (Lipinski definition) is 1. The number of carbonyl (C=O) groups is 2. The molecular weight excluding hydrogens is 300 g/mol. The molecular formula is C17H21ClN2O2. The molecule has 0 spiro atoms. The molecule has 0 aliphatic carbocycles. The molecule has 1 aromatic carbocycles. The van der Waals surface area contributed by atoms with Crippen LogP contribution in [0.15, 0.2) is 24.3 Å². The van der Waals surface area contributed by atoms with Gasteiger partial charge in [0.25, 0.3) is 0 Å². The SMILES string of the molecule is O=C1N[C@H]2CCC[C@@H]1CN(C(=O)CCc1cccc(Cl)c1)C2. The number of rotatable bonds is 3. The Morgan fingerprint density at radius 3 is 3.00 bits per heavy atom. The number of nitrogens with one attached hydrogen (secondary N) is 1. The van der Waals surface area contributed by atoms with Crippen LogP contribution in [0.3, 0.4) is 0 Å². The number of fused-ring (bicyclic) bond motifs is 3. The molecule has 2 fully saturated rings. The van der Waals surface area contributed by atoms with E-state index in [0.29, 0.717) is 31.0 Å². The molecule has 3 rings (SSSR count). The van der Waals surface area contributed by atoms with E-state index >= 15 is 0 Å². The van der Waals surface area contributed by atoms with Gasteiger partial charge in [0.1, 0.15) is 0 Å². The van der Waals surface area contributed by atoms with Crippen molar-refractivity contribution in [3.05, 3.63) is 34.9 Å². The van der Waals surface area contributed by atoms with Crippen molar-refractivity contribution in [2.45, 2.75) is 38.1 Å². The van der Waals surface area contributed by atoms with E-state index in [1.807, 2.05) is 29.2 Å². The van der Waals surface area contributed by atoms with Crippen molar-refractivity contribution in [1.29, 1.82) is 0 Å². The summed E-state index contributed by atoms with van der Waals surface area (Å²) in [5.74, 6) is 0.212. The summed E-state index contributed by atoms with van der Waals surface area (Å²) in [5, 5.41) is 3.75. The first-order valence-corrected chi connectivity index (χ1v) is 8.32. The molecule has 118 valence electrons. The Morgan fingerprint density at radius 1 is 1.32 bits per heavy atom. The molecule has 2 heterocycles. The first kappa shape index (κ1) is 15.3. The van der Waals surface area contributed by atoms with E-state index in [0.717, 1.165) is 24.8 Å². The maximum atomic E-state index is 12.5. The molecule has 2 atom stereocenters. The van der Waals surface area contributed by atoms with Gasteiger partial charge in [-0.25, -0.2) is 0 Å². The van der Waals surface area contributed by atoms with Gasteiger partial charge >= 0.3 is 0 Å². The van der Waals surface area contributed by atoms with E-state index < -0.39 is 0 Å². The fourth-order valence-corrected chi connectivity index (χ4v) is 3.57. The van der Waals surface area contributed by atoms with Crippen LogP contribution >= 0.6 is 11.6 Å². The number of nitrogens with zero attached hydrogens (tertiary/aromatic N) is 1. The highest BCUT2D eigenvalue weighted by atomic mass is 35.5. The summed E-state index contributed by atoms with van der Waals surface area (Å²) in [7, 11) is 0. The van der Waals surface area contributed by atoms with Gasteiger partial charge in [0, 0.05) is 30.6 Å². The lowest BCUT2D eigenvalue weighted by atomic mass is 9.99. The van der Waals surface area contributed by atoms with Crippen LogP contribution in [0.1, 0.15) is 31.2 Å². The van der Waals surface area contributed by atoms with Gasteiger partial charge in [-0.15, -0.1) is 0 Å². The van der Waals surface area contributed by atoms with Crippen molar-refractivity contribution in [1.82, 2.24) is 10.2 Å². The number of hydrogen-bond acceptors (Lipinski definition) is 2. The minimum atomic E-state index is -0.0392. The van der Waals surface area contributed by atoms with Crippen molar-refractivity contribution in [2.75, 3.05) is 13.1 Å². The molecule has 2 saturated heterocycles. The van der Waals surface area contributed by atoms with Crippen molar-refractivity contribution in [2.24, 2.45) is 5.92 Å². The van der Waals surface area contributed by atoms with E-state index in [1.54, 1.807) is 0 Å². The van der Waals surface area contributed by atoms with Gasteiger partial charge in [0.05, 0.1) is 5.92 Å². The first-order valence-electron chi connectivity index (χ1n) is 7.94. The predicted molar refractivity (Wildman–Crippen MR) is 85.6 cm³/mol. The van der Waals surface area contributed by atoms with Gasteiger partial charge < -0.3 is 10.2 Å². The zero-order valence-electron chi connectivity index (χ0n) is 12.6. The van der Waals surface area contributed by atoms with Gasteiger partial charge in [0.2, 0.25) is 11.8 Å². The largest absolute Gasteiger partial charge is 0.351 e. The molecule has 2 aliphatic rings.